The third-order valence-corrected chi connectivity index (χ3v) is 5.16. The fourth-order valence-electron chi connectivity index (χ4n) is 3.65. The summed E-state index contributed by atoms with van der Waals surface area (Å²) >= 11 is 6.21. The summed E-state index contributed by atoms with van der Waals surface area (Å²) in [6.07, 6.45) is 0. The number of aromatic nitrogens is 1. The number of aryl methyl sites for hydroxylation is 1. The van der Waals surface area contributed by atoms with Crippen LogP contribution in [0, 0.1) is 6.92 Å². The zero-order valence-corrected chi connectivity index (χ0v) is 16.5. The van der Waals surface area contributed by atoms with Crippen LogP contribution in [0.1, 0.15) is 21.6 Å². The SMILES string of the molecule is Cc1cccc(-c2c(C(=O)O)n(Cc3ccccc3)c(=O)c3ccc(Cl)cc23)c1. The zero-order chi connectivity index (χ0) is 20.5. The summed E-state index contributed by atoms with van der Waals surface area (Å²) in [5, 5.41) is 11.5. The van der Waals surface area contributed by atoms with Crippen LogP contribution in [0.15, 0.2) is 77.6 Å². The number of aromatic carboxylic acids is 1. The van der Waals surface area contributed by atoms with Crippen LogP contribution in [0.3, 0.4) is 0 Å². The van der Waals surface area contributed by atoms with Gasteiger partial charge in [-0.3, -0.25) is 9.36 Å². The Labute approximate surface area is 172 Å². The molecule has 0 unspecified atom stereocenters. The molecule has 0 aliphatic carbocycles. The minimum atomic E-state index is -1.16. The molecule has 0 saturated carbocycles. The van der Waals surface area contributed by atoms with E-state index in [0.29, 0.717) is 21.4 Å². The number of halogens is 1. The normalized spacial score (nSPS) is 11.0. The van der Waals surface area contributed by atoms with E-state index in [2.05, 4.69) is 0 Å². The molecule has 0 amide bonds. The van der Waals surface area contributed by atoms with Crippen molar-refractivity contribution in [3.63, 3.8) is 0 Å². The van der Waals surface area contributed by atoms with Gasteiger partial charge in [-0.15, -0.1) is 0 Å². The van der Waals surface area contributed by atoms with Crippen LogP contribution in [0.4, 0.5) is 0 Å². The highest BCUT2D eigenvalue weighted by Gasteiger charge is 2.23. The number of fused-ring (bicyclic) bond motifs is 1. The molecule has 0 bridgehead atoms. The van der Waals surface area contributed by atoms with Crippen LogP contribution in [-0.2, 0) is 6.54 Å². The number of carboxylic acids is 1. The summed E-state index contributed by atoms with van der Waals surface area (Å²) < 4.78 is 1.34. The van der Waals surface area contributed by atoms with Gasteiger partial charge in [0.05, 0.1) is 6.54 Å². The number of carbonyl (C=O) groups is 1. The first-order valence-electron chi connectivity index (χ1n) is 9.16. The Morgan fingerprint density at radius 2 is 1.72 bits per heavy atom. The van der Waals surface area contributed by atoms with Crippen molar-refractivity contribution in [3.05, 3.63) is 105 Å². The second-order valence-electron chi connectivity index (χ2n) is 6.97. The van der Waals surface area contributed by atoms with Gasteiger partial charge in [-0.25, -0.2) is 4.79 Å². The van der Waals surface area contributed by atoms with Crippen molar-refractivity contribution in [3.8, 4) is 11.1 Å². The molecule has 0 radical (unpaired) electrons. The third-order valence-electron chi connectivity index (χ3n) is 4.93. The molecule has 4 aromatic rings. The Kier molecular flexibility index (Phi) is 4.95. The van der Waals surface area contributed by atoms with Gasteiger partial charge in [0.1, 0.15) is 5.69 Å². The fraction of sp³-hybridized carbons (Fsp3) is 0.0833. The second kappa shape index (κ2) is 7.57. The molecule has 4 nitrogen and oxygen atoms in total. The molecule has 1 N–H and O–H groups in total. The number of rotatable bonds is 4. The van der Waals surface area contributed by atoms with E-state index in [9.17, 15) is 14.7 Å². The highest BCUT2D eigenvalue weighted by atomic mass is 35.5. The van der Waals surface area contributed by atoms with Gasteiger partial charge in [0.15, 0.2) is 0 Å². The quantitative estimate of drug-likeness (QED) is 0.498. The molecule has 1 aromatic heterocycles. The van der Waals surface area contributed by atoms with Crippen LogP contribution in [-0.4, -0.2) is 15.6 Å². The first-order chi connectivity index (χ1) is 14.0. The van der Waals surface area contributed by atoms with Crippen molar-refractivity contribution < 1.29 is 9.90 Å². The topological polar surface area (TPSA) is 59.3 Å². The predicted octanol–water partition coefficient (Wildman–Crippen LogP) is 5.38. The Hall–Kier alpha value is -3.37. The number of benzene rings is 3. The second-order valence-corrected chi connectivity index (χ2v) is 7.40. The number of pyridine rings is 1. The summed E-state index contributed by atoms with van der Waals surface area (Å²) in [7, 11) is 0. The lowest BCUT2D eigenvalue weighted by molar-refractivity contribution is 0.0685. The zero-order valence-electron chi connectivity index (χ0n) is 15.7. The van der Waals surface area contributed by atoms with Gasteiger partial charge < -0.3 is 5.11 Å². The smallest absolute Gasteiger partial charge is 0.353 e. The highest BCUT2D eigenvalue weighted by Crippen LogP contribution is 2.33. The molecule has 0 fully saturated rings. The van der Waals surface area contributed by atoms with E-state index < -0.39 is 5.97 Å². The molecule has 0 spiro atoms. The van der Waals surface area contributed by atoms with Gasteiger partial charge in [0.25, 0.3) is 5.56 Å². The molecular formula is C24H18ClNO3. The maximum atomic E-state index is 13.3. The van der Waals surface area contributed by atoms with Gasteiger partial charge in [-0.1, -0.05) is 71.8 Å². The molecule has 4 rings (SSSR count). The van der Waals surface area contributed by atoms with Gasteiger partial charge in [-0.2, -0.15) is 0 Å². The van der Waals surface area contributed by atoms with Crippen molar-refractivity contribution >= 4 is 28.3 Å². The Bertz CT molecular complexity index is 1290. The van der Waals surface area contributed by atoms with E-state index >= 15 is 0 Å². The average molecular weight is 404 g/mol. The lowest BCUT2D eigenvalue weighted by atomic mass is 9.95. The van der Waals surface area contributed by atoms with E-state index in [1.165, 1.54) is 4.57 Å². The molecule has 144 valence electrons. The molecule has 0 aliphatic heterocycles. The third kappa shape index (κ3) is 3.55. The van der Waals surface area contributed by atoms with Crippen molar-refractivity contribution in [1.29, 1.82) is 0 Å². The summed E-state index contributed by atoms with van der Waals surface area (Å²) in [5.74, 6) is -1.16. The Morgan fingerprint density at radius 1 is 0.966 bits per heavy atom. The summed E-state index contributed by atoms with van der Waals surface area (Å²) in [4.78, 5) is 25.7. The first kappa shape index (κ1) is 19.0. The first-order valence-corrected chi connectivity index (χ1v) is 9.54. The van der Waals surface area contributed by atoms with E-state index in [1.807, 2.05) is 61.5 Å². The molecule has 5 heteroatoms. The monoisotopic (exact) mass is 403 g/mol. The van der Waals surface area contributed by atoms with Crippen molar-refractivity contribution in [2.45, 2.75) is 13.5 Å². The van der Waals surface area contributed by atoms with Crippen LogP contribution < -0.4 is 5.56 Å². The van der Waals surface area contributed by atoms with Gasteiger partial charge in [0.2, 0.25) is 0 Å². The molecule has 0 saturated heterocycles. The number of hydrogen-bond donors (Lipinski definition) is 1. The Balaban J connectivity index is 2.14. The number of hydrogen-bond acceptors (Lipinski definition) is 2. The van der Waals surface area contributed by atoms with Crippen LogP contribution in [0.2, 0.25) is 5.02 Å². The van der Waals surface area contributed by atoms with Crippen LogP contribution >= 0.6 is 11.6 Å². The molecule has 29 heavy (non-hydrogen) atoms. The minimum Gasteiger partial charge on any atom is -0.477 e. The lowest BCUT2D eigenvalue weighted by Crippen LogP contribution is -2.28. The predicted molar refractivity (Wildman–Crippen MR) is 116 cm³/mol. The average Bonchev–Trinajstić information content (AvgIpc) is 2.70. The molecule has 0 atom stereocenters. The van der Waals surface area contributed by atoms with Gasteiger partial charge >= 0.3 is 5.97 Å². The summed E-state index contributed by atoms with van der Waals surface area (Å²) in [6.45, 7) is 2.11. The fourth-order valence-corrected chi connectivity index (χ4v) is 3.82. The molecular weight excluding hydrogens is 386 g/mol. The standard InChI is InChI=1S/C24H18ClNO3/c1-15-6-5-9-17(12-15)21-20-13-18(25)10-11-19(20)23(27)26(22(21)24(28)29)14-16-7-3-2-4-8-16/h2-13H,14H2,1H3,(H,28,29). The molecule has 1 heterocycles. The van der Waals surface area contributed by atoms with E-state index in [0.717, 1.165) is 16.7 Å². The van der Waals surface area contributed by atoms with Crippen LogP contribution in [0.5, 0.6) is 0 Å². The maximum Gasteiger partial charge on any atom is 0.353 e. The van der Waals surface area contributed by atoms with Crippen molar-refractivity contribution in [1.82, 2.24) is 4.57 Å². The molecule has 0 aliphatic rings. The van der Waals surface area contributed by atoms with E-state index in [4.69, 9.17) is 11.6 Å². The largest absolute Gasteiger partial charge is 0.477 e. The lowest BCUT2D eigenvalue weighted by Gasteiger charge is -2.18. The molecule has 3 aromatic carbocycles. The van der Waals surface area contributed by atoms with Gasteiger partial charge in [0, 0.05) is 16.0 Å². The van der Waals surface area contributed by atoms with Gasteiger partial charge in [-0.05, 0) is 41.6 Å². The van der Waals surface area contributed by atoms with Crippen molar-refractivity contribution in [2.75, 3.05) is 0 Å². The Morgan fingerprint density at radius 3 is 2.41 bits per heavy atom. The summed E-state index contributed by atoms with van der Waals surface area (Å²) in [6, 6.07) is 21.9. The number of carboxylic acid groups (broad SMARTS) is 1. The van der Waals surface area contributed by atoms with E-state index in [1.54, 1.807) is 18.2 Å². The van der Waals surface area contributed by atoms with Crippen LogP contribution in [0.25, 0.3) is 21.9 Å². The summed E-state index contributed by atoms with van der Waals surface area (Å²) in [5.41, 5.74) is 2.68. The highest BCUT2D eigenvalue weighted by molar-refractivity contribution is 6.31. The van der Waals surface area contributed by atoms with Crippen molar-refractivity contribution in [2.24, 2.45) is 0 Å². The number of nitrogens with zero attached hydrogens (tertiary/aromatic N) is 1. The van der Waals surface area contributed by atoms with E-state index in [-0.39, 0.29) is 17.8 Å². The minimum absolute atomic E-state index is 0.0424. The maximum absolute atomic E-state index is 13.3.